The number of aliphatic hydroxyl groups is 1. The first kappa shape index (κ1) is 18.0. The third kappa shape index (κ3) is 3.29. The molecule has 28 heavy (non-hydrogen) atoms. The Morgan fingerprint density at radius 2 is 1.68 bits per heavy atom. The van der Waals surface area contributed by atoms with E-state index in [1.807, 2.05) is 61.5 Å². The molecule has 4 heteroatoms. The van der Waals surface area contributed by atoms with Gasteiger partial charge in [-0.2, -0.15) is 0 Å². The van der Waals surface area contributed by atoms with E-state index >= 15 is 0 Å². The van der Waals surface area contributed by atoms with Crippen molar-refractivity contribution in [1.82, 2.24) is 4.90 Å². The first-order valence-corrected chi connectivity index (χ1v) is 9.15. The smallest absolute Gasteiger partial charge is 0.290 e. The number of hydrogen-bond donors (Lipinski definition) is 1. The second kappa shape index (κ2) is 7.31. The summed E-state index contributed by atoms with van der Waals surface area (Å²) in [5, 5.41) is 10.7. The summed E-state index contributed by atoms with van der Waals surface area (Å²) in [6.07, 6.45) is 0. The largest absolute Gasteiger partial charge is 0.503 e. The van der Waals surface area contributed by atoms with Crippen molar-refractivity contribution in [3.8, 4) is 0 Å². The molecule has 0 unspecified atom stereocenters. The molecule has 0 saturated heterocycles. The first-order valence-electron chi connectivity index (χ1n) is 9.15. The third-order valence-corrected chi connectivity index (χ3v) is 5.03. The molecule has 1 aliphatic heterocycles. The number of rotatable bonds is 4. The number of carbonyl (C=O) groups is 1. The van der Waals surface area contributed by atoms with Gasteiger partial charge in [0.25, 0.3) is 5.91 Å². The van der Waals surface area contributed by atoms with Gasteiger partial charge in [-0.25, -0.2) is 4.39 Å². The Morgan fingerprint density at radius 3 is 2.36 bits per heavy atom. The van der Waals surface area contributed by atoms with E-state index < -0.39 is 11.9 Å². The van der Waals surface area contributed by atoms with E-state index in [4.69, 9.17) is 0 Å². The van der Waals surface area contributed by atoms with E-state index in [0.29, 0.717) is 17.7 Å². The maximum atomic E-state index is 14.0. The Morgan fingerprint density at radius 1 is 0.964 bits per heavy atom. The van der Waals surface area contributed by atoms with Gasteiger partial charge in [-0.15, -0.1) is 0 Å². The van der Waals surface area contributed by atoms with Crippen molar-refractivity contribution in [2.24, 2.45) is 0 Å². The minimum absolute atomic E-state index is 0.283. The fourth-order valence-electron chi connectivity index (χ4n) is 3.65. The summed E-state index contributed by atoms with van der Waals surface area (Å²) >= 11 is 0. The van der Waals surface area contributed by atoms with Crippen molar-refractivity contribution in [2.75, 3.05) is 0 Å². The fourth-order valence-corrected chi connectivity index (χ4v) is 3.65. The highest BCUT2D eigenvalue weighted by molar-refractivity contribution is 6.05. The molecule has 0 bridgehead atoms. The van der Waals surface area contributed by atoms with E-state index in [2.05, 4.69) is 0 Å². The molecule has 1 aliphatic rings. The van der Waals surface area contributed by atoms with Crippen molar-refractivity contribution >= 4 is 11.5 Å². The van der Waals surface area contributed by atoms with Crippen LogP contribution in [0.15, 0.2) is 84.6 Å². The number of nitrogens with zero attached hydrogens (tertiary/aromatic N) is 1. The maximum Gasteiger partial charge on any atom is 0.290 e. The molecule has 0 aromatic heterocycles. The van der Waals surface area contributed by atoms with Crippen LogP contribution >= 0.6 is 0 Å². The molecule has 0 fully saturated rings. The summed E-state index contributed by atoms with van der Waals surface area (Å²) in [5.41, 5.74) is 3.91. The lowest BCUT2D eigenvalue weighted by Crippen LogP contribution is -2.29. The molecule has 0 saturated carbocycles. The van der Waals surface area contributed by atoms with Crippen LogP contribution in [0.2, 0.25) is 0 Å². The van der Waals surface area contributed by atoms with Gasteiger partial charge in [0, 0.05) is 12.1 Å². The highest BCUT2D eigenvalue weighted by Crippen LogP contribution is 2.43. The molecule has 1 amide bonds. The van der Waals surface area contributed by atoms with Gasteiger partial charge in [-0.1, -0.05) is 72.3 Å². The maximum absolute atomic E-state index is 14.0. The molecule has 0 spiro atoms. The minimum Gasteiger partial charge on any atom is -0.503 e. The summed E-state index contributed by atoms with van der Waals surface area (Å²) < 4.78 is 14.0. The standard InChI is InChI=1S/C24H20FNO2/c1-16-10-12-18(13-11-16)21-22(19-8-5-9-20(25)14-19)26(24(28)23(21)27)15-17-6-3-2-4-7-17/h2-14,22,27H,15H2,1H3/t22-/m1/s1. The van der Waals surface area contributed by atoms with Crippen LogP contribution in [0, 0.1) is 12.7 Å². The first-order chi connectivity index (χ1) is 13.5. The predicted octanol–water partition coefficient (Wildman–Crippen LogP) is 5.19. The number of hydrogen-bond acceptors (Lipinski definition) is 2. The van der Waals surface area contributed by atoms with Crippen molar-refractivity contribution < 1.29 is 14.3 Å². The molecular formula is C24H20FNO2. The number of aryl methyl sites for hydroxylation is 1. The summed E-state index contributed by atoms with van der Waals surface area (Å²) in [7, 11) is 0. The highest BCUT2D eigenvalue weighted by atomic mass is 19.1. The number of amides is 1. The molecule has 4 rings (SSSR count). The molecule has 3 aromatic rings. The van der Waals surface area contributed by atoms with Gasteiger partial charge in [-0.3, -0.25) is 4.79 Å². The van der Waals surface area contributed by atoms with Crippen molar-refractivity contribution in [3.05, 3.63) is 113 Å². The number of benzene rings is 3. The Labute approximate surface area is 163 Å². The lowest BCUT2D eigenvalue weighted by atomic mass is 9.93. The van der Waals surface area contributed by atoms with E-state index in [1.54, 1.807) is 17.0 Å². The van der Waals surface area contributed by atoms with Gasteiger partial charge in [0.1, 0.15) is 5.82 Å². The molecule has 3 nitrogen and oxygen atoms in total. The van der Waals surface area contributed by atoms with Crippen molar-refractivity contribution in [3.63, 3.8) is 0 Å². The molecule has 1 atom stereocenters. The zero-order chi connectivity index (χ0) is 19.7. The number of aliphatic hydroxyl groups excluding tert-OH is 1. The van der Waals surface area contributed by atoms with E-state index in [9.17, 15) is 14.3 Å². The van der Waals surface area contributed by atoms with E-state index in [0.717, 1.165) is 16.7 Å². The molecule has 1 heterocycles. The molecular weight excluding hydrogens is 353 g/mol. The monoisotopic (exact) mass is 373 g/mol. The average Bonchev–Trinajstić information content (AvgIpc) is 2.94. The third-order valence-electron chi connectivity index (χ3n) is 5.03. The summed E-state index contributed by atoms with van der Waals surface area (Å²) in [6.45, 7) is 2.30. The van der Waals surface area contributed by atoms with E-state index in [1.165, 1.54) is 12.1 Å². The summed E-state index contributed by atoms with van der Waals surface area (Å²) in [6, 6.07) is 22.8. The Bertz CT molecular complexity index is 1040. The van der Waals surface area contributed by atoms with Crippen LogP contribution in [-0.4, -0.2) is 15.9 Å². The van der Waals surface area contributed by atoms with Crippen LogP contribution in [0.4, 0.5) is 4.39 Å². The van der Waals surface area contributed by atoms with Crippen LogP contribution in [0.25, 0.3) is 5.57 Å². The molecule has 3 aromatic carbocycles. The zero-order valence-electron chi connectivity index (χ0n) is 15.5. The molecule has 0 aliphatic carbocycles. The lowest BCUT2D eigenvalue weighted by Gasteiger charge is -2.27. The van der Waals surface area contributed by atoms with Gasteiger partial charge in [0.2, 0.25) is 0 Å². The van der Waals surface area contributed by atoms with Gasteiger partial charge >= 0.3 is 0 Å². The Balaban J connectivity index is 1.83. The summed E-state index contributed by atoms with van der Waals surface area (Å²) in [4.78, 5) is 14.5. The minimum atomic E-state index is -0.564. The normalized spacial score (nSPS) is 16.7. The van der Waals surface area contributed by atoms with Crippen molar-refractivity contribution in [2.45, 2.75) is 19.5 Å². The predicted molar refractivity (Wildman–Crippen MR) is 107 cm³/mol. The van der Waals surface area contributed by atoms with Crippen LogP contribution < -0.4 is 0 Å². The summed E-state index contributed by atoms with van der Waals surface area (Å²) in [5.74, 6) is -1.11. The van der Waals surface area contributed by atoms with Crippen LogP contribution in [0.3, 0.4) is 0 Å². The second-order valence-corrected chi connectivity index (χ2v) is 7.00. The quantitative estimate of drug-likeness (QED) is 0.684. The topological polar surface area (TPSA) is 40.5 Å². The lowest BCUT2D eigenvalue weighted by molar-refractivity contribution is -0.130. The van der Waals surface area contributed by atoms with Gasteiger partial charge in [0.15, 0.2) is 5.76 Å². The molecule has 1 N–H and O–H groups in total. The van der Waals surface area contributed by atoms with E-state index in [-0.39, 0.29) is 11.6 Å². The van der Waals surface area contributed by atoms with Crippen LogP contribution in [-0.2, 0) is 11.3 Å². The number of halogens is 1. The van der Waals surface area contributed by atoms with Gasteiger partial charge < -0.3 is 10.0 Å². The second-order valence-electron chi connectivity index (χ2n) is 7.00. The highest BCUT2D eigenvalue weighted by Gasteiger charge is 2.41. The molecule has 140 valence electrons. The Hall–Kier alpha value is -3.40. The number of carbonyl (C=O) groups excluding carboxylic acids is 1. The van der Waals surface area contributed by atoms with Crippen LogP contribution in [0.1, 0.15) is 28.3 Å². The SMILES string of the molecule is Cc1ccc(C2=C(O)C(=O)N(Cc3ccccc3)[C@@H]2c2cccc(F)c2)cc1. The van der Waals surface area contributed by atoms with Gasteiger partial charge in [0.05, 0.1) is 6.04 Å². The Kier molecular flexibility index (Phi) is 4.70. The fraction of sp³-hybridized carbons (Fsp3) is 0.125. The molecule has 0 radical (unpaired) electrons. The zero-order valence-corrected chi connectivity index (χ0v) is 15.5. The van der Waals surface area contributed by atoms with Crippen molar-refractivity contribution in [1.29, 1.82) is 0 Å². The average molecular weight is 373 g/mol. The van der Waals surface area contributed by atoms with Crippen LogP contribution in [0.5, 0.6) is 0 Å². The van der Waals surface area contributed by atoms with Gasteiger partial charge in [-0.05, 0) is 35.7 Å².